The monoisotopic (exact) mass is 155 g/mol. The molecule has 1 fully saturated rings. The third-order valence-corrected chi connectivity index (χ3v) is 1.95. The highest BCUT2D eigenvalue weighted by atomic mass is 16.2. The van der Waals surface area contributed by atoms with Gasteiger partial charge in [-0.05, 0) is 25.2 Å². The minimum atomic E-state index is -0.586. The van der Waals surface area contributed by atoms with Crippen molar-refractivity contribution in [3.63, 3.8) is 0 Å². The first-order chi connectivity index (χ1) is 5.20. The van der Waals surface area contributed by atoms with Crippen LogP contribution in [0.15, 0.2) is 5.10 Å². The van der Waals surface area contributed by atoms with E-state index >= 15 is 0 Å². The van der Waals surface area contributed by atoms with Gasteiger partial charge in [0.25, 0.3) is 0 Å². The summed E-state index contributed by atoms with van der Waals surface area (Å²) in [6.07, 6.45) is 3.32. The Labute approximate surface area is 65.8 Å². The van der Waals surface area contributed by atoms with Crippen molar-refractivity contribution in [2.75, 3.05) is 0 Å². The van der Waals surface area contributed by atoms with E-state index in [1.165, 1.54) is 12.8 Å². The summed E-state index contributed by atoms with van der Waals surface area (Å²) < 4.78 is 0. The lowest BCUT2D eigenvalue weighted by atomic mass is 10.1. The van der Waals surface area contributed by atoms with Crippen LogP contribution in [-0.4, -0.2) is 11.7 Å². The Balaban J connectivity index is 2.45. The quantitative estimate of drug-likeness (QED) is 0.541. The molecule has 1 aliphatic carbocycles. The molecular formula is C7H13N3O. The number of nitrogens with zero attached hydrogens (tertiary/aromatic N) is 1. The number of hydrazone groups is 1. The lowest BCUT2D eigenvalue weighted by Crippen LogP contribution is -2.26. The Hall–Kier alpha value is -1.06. The maximum atomic E-state index is 10.3. The SMILES string of the molecule is CC1CCC/C1=N\NC(N)=O. The number of hydrogen-bond donors (Lipinski definition) is 2. The van der Waals surface area contributed by atoms with Crippen molar-refractivity contribution >= 4 is 11.7 Å². The molecular weight excluding hydrogens is 142 g/mol. The first kappa shape index (κ1) is 8.04. The van der Waals surface area contributed by atoms with Crippen LogP contribution in [0.25, 0.3) is 0 Å². The smallest absolute Gasteiger partial charge is 0.332 e. The molecule has 1 aliphatic rings. The van der Waals surface area contributed by atoms with Crippen molar-refractivity contribution in [1.82, 2.24) is 5.43 Å². The fraction of sp³-hybridized carbons (Fsp3) is 0.714. The average molecular weight is 155 g/mol. The standard InChI is InChI=1S/C7H13N3O/c1-5-3-2-4-6(5)9-10-7(8)11/h5H,2-4H2,1H3,(H3,8,10,11)/b9-6+. The number of amides is 2. The first-order valence-corrected chi connectivity index (χ1v) is 3.82. The van der Waals surface area contributed by atoms with Gasteiger partial charge in [0, 0.05) is 5.71 Å². The van der Waals surface area contributed by atoms with Gasteiger partial charge in [-0.1, -0.05) is 6.92 Å². The molecule has 0 saturated heterocycles. The molecule has 2 amide bonds. The molecule has 0 heterocycles. The summed E-state index contributed by atoms with van der Waals surface area (Å²) in [6.45, 7) is 2.11. The van der Waals surface area contributed by atoms with Crippen LogP contribution in [0.2, 0.25) is 0 Å². The Kier molecular flexibility index (Phi) is 2.46. The van der Waals surface area contributed by atoms with Crippen LogP contribution >= 0.6 is 0 Å². The number of nitrogens with one attached hydrogen (secondary N) is 1. The van der Waals surface area contributed by atoms with Crippen molar-refractivity contribution < 1.29 is 4.79 Å². The van der Waals surface area contributed by atoms with E-state index in [1.807, 2.05) is 0 Å². The van der Waals surface area contributed by atoms with E-state index in [-0.39, 0.29) is 0 Å². The molecule has 0 aliphatic heterocycles. The highest BCUT2D eigenvalue weighted by molar-refractivity contribution is 5.89. The van der Waals surface area contributed by atoms with Crippen LogP contribution in [0.3, 0.4) is 0 Å². The molecule has 0 bridgehead atoms. The maximum Gasteiger partial charge on any atom is 0.332 e. The van der Waals surface area contributed by atoms with Crippen LogP contribution in [0, 0.1) is 5.92 Å². The Morgan fingerprint density at radius 1 is 1.82 bits per heavy atom. The minimum absolute atomic E-state index is 0.502. The van der Waals surface area contributed by atoms with Gasteiger partial charge in [-0.15, -0.1) is 0 Å². The molecule has 11 heavy (non-hydrogen) atoms. The largest absolute Gasteiger partial charge is 0.350 e. The third-order valence-electron chi connectivity index (χ3n) is 1.95. The molecule has 1 saturated carbocycles. The molecule has 4 heteroatoms. The van der Waals surface area contributed by atoms with Crippen LogP contribution in [0.4, 0.5) is 4.79 Å². The summed E-state index contributed by atoms with van der Waals surface area (Å²) in [5.41, 5.74) is 8.16. The van der Waals surface area contributed by atoms with Crippen LogP contribution in [0.1, 0.15) is 26.2 Å². The predicted octanol–water partition coefficient (Wildman–Crippen LogP) is 0.831. The molecule has 0 radical (unpaired) electrons. The molecule has 0 aromatic heterocycles. The summed E-state index contributed by atoms with van der Waals surface area (Å²) in [5.74, 6) is 0.502. The predicted molar refractivity (Wildman–Crippen MR) is 43.2 cm³/mol. The number of carbonyl (C=O) groups excluding carboxylic acids is 1. The highest BCUT2D eigenvalue weighted by Crippen LogP contribution is 2.21. The first-order valence-electron chi connectivity index (χ1n) is 3.82. The van der Waals surface area contributed by atoms with Gasteiger partial charge in [-0.25, -0.2) is 10.2 Å². The normalized spacial score (nSPS) is 27.4. The van der Waals surface area contributed by atoms with E-state index < -0.39 is 6.03 Å². The van der Waals surface area contributed by atoms with Gasteiger partial charge >= 0.3 is 6.03 Å². The van der Waals surface area contributed by atoms with Gasteiger partial charge in [0.2, 0.25) is 0 Å². The average Bonchev–Trinajstić information content (AvgIpc) is 2.31. The van der Waals surface area contributed by atoms with Crippen molar-refractivity contribution in [2.24, 2.45) is 16.8 Å². The molecule has 1 atom stereocenters. The molecule has 0 aromatic rings. The zero-order valence-corrected chi connectivity index (χ0v) is 6.63. The number of nitrogens with two attached hydrogens (primary N) is 1. The lowest BCUT2D eigenvalue weighted by molar-refractivity contribution is 0.249. The number of rotatable bonds is 1. The van der Waals surface area contributed by atoms with Crippen molar-refractivity contribution in [3.05, 3.63) is 0 Å². The van der Waals surface area contributed by atoms with Crippen molar-refractivity contribution in [3.8, 4) is 0 Å². The van der Waals surface area contributed by atoms with E-state index in [4.69, 9.17) is 5.73 Å². The van der Waals surface area contributed by atoms with Gasteiger partial charge in [0.1, 0.15) is 0 Å². The number of hydrogen-bond acceptors (Lipinski definition) is 2. The second-order valence-corrected chi connectivity index (χ2v) is 2.87. The molecule has 4 nitrogen and oxygen atoms in total. The molecule has 3 N–H and O–H groups in total. The lowest BCUT2D eigenvalue weighted by Gasteiger charge is -2.01. The van der Waals surface area contributed by atoms with E-state index in [0.717, 1.165) is 12.1 Å². The summed E-state index contributed by atoms with van der Waals surface area (Å²) in [4.78, 5) is 10.3. The van der Waals surface area contributed by atoms with Crippen LogP contribution < -0.4 is 11.2 Å². The summed E-state index contributed by atoms with van der Waals surface area (Å²) >= 11 is 0. The van der Waals surface area contributed by atoms with E-state index in [9.17, 15) is 4.79 Å². The maximum absolute atomic E-state index is 10.3. The van der Waals surface area contributed by atoms with Crippen LogP contribution in [-0.2, 0) is 0 Å². The highest BCUT2D eigenvalue weighted by Gasteiger charge is 2.17. The third kappa shape index (κ3) is 2.22. The Bertz CT molecular complexity index is 188. The summed E-state index contributed by atoms with van der Waals surface area (Å²) in [5, 5.41) is 3.90. The second kappa shape index (κ2) is 3.37. The molecule has 1 unspecified atom stereocenters. The zero-order valence-electron chi connectivity index (χ0n) is 6.63. The molecule has 1 rings (SSSR count). The fourth-order valence-corrected chi connectivity index (χ4v) is 1.30. The second-order valence-electron chi connectivity index (χ2n) is 2.87. The zero-order chi connectivity index (χ0) is 8.27. The van der Waals surface area contributed by atoms with E-state index in [0.29, 0.717) is 5.92 Å². The van der Waals surface area contributed by atoms with Crippen LogP contribution in [0.5, 0.6) is 0 Å². The number of carbonyl (C=O) groups is 1. The Morgan fingerprint density at radius 2 is 2.55 bits per heavy atom. The fourth-order valence-electron chi connectivity index (χ4n) is 1.30. The van der Waals surface area contributed by atoms with Gasteiger partial charge in [-0.3, -0.25) is 0 Å². The topological polar surface area (TPSA) is 67.5 Å². The molecule has 0 spiro atoms. The van der Waals surface area contributed by atoms with Gasteiger partial charge in [0.15, 0.2) is 0 Å². The van der Waals surface area contributed by atoms with Crippen molar-refractivity contribution in [2.45, 2.75) is 26.2 Å². The number of urea groups is 1. The minimum Gasteiger partial charge on any atom is -0.350 e. The summed E-state index contributed by atoms with van der Waals surface area (Å²) in [6, 6.07) is -0.586. The molecule has 0 aromatic carbocycles. The van der Waals surface area contributed by atoms with Crippen molar-refractivity contribution in [1.29, 1.82) is 0 Å². The van der Waals surface area contributed by atoms with E-state index in [2.05, 4.69) is 17.5 Å². The van der Waals surface area contributed by atoms with Gasteiger partial charge in [-0.2, -0.15) is 5.10 Å². The number of primary amides is 1. The van der Waals surface area contributed by atoms with E-state index in [1.54, 1.807) is 0 Å². The summed E-state index contributed by atoms with van der Waals surface area (Å²) in [7, 11) is 0. The van der Waals surface area contributed by atoms with Gasteiger partial charge in [0.05, 0.1) is 0 Å². The Morgan fingerprint density at radius 3 is 3.00 bits per heavy atom. The van der Waals surface area contributed by atoms with Gasteiger partial charge < -0.3 is 5.73 Å². The molecule has 62 valence electrons.